The van der Waals surface area contributed by atoms with Gasteiger partial charge in [-0.2, -0.15) is 0 Å². The molecule has 1 spiro atoms. The van der Waals surface area contributed by atoms with Gasteiger partial charge in [-0.15, -0.1) is 0 Å². The zero-order chi connectivity index (χ0) is 29.9. The molecule has 4 fully saturated rings. The number of ether oxygens (including phenoxy) is 1. The van der Waals surface area contributed by atoms with Gasteiger partial charge in [0.2, 0.25) is 0 Å². The molecule has 42 heavy (non-hydrogen) atoms. The molecule has 3 saturated heterocycles. The van der Waals surface area contributed by atoms with Gasteiger partial charge in [0.25, 0.3) is 5.91 Å². The highest BCUT2D eigenvalue weighted by Crippen LogP contribution is 2.42. The van der Waals surface area contributed by atoms with Gasteiger partial charge in [0.1, 0.15) is 15.4 Å². The maximum atomic E-state index is 13.3. The molecule has 0 N–H and O–H groups in total. The molecule has 4 aliphatic rings. The van der Waals surface area contributed by atoms with Gasteiger partial charge in [0.05, 0.1) is 0 Å². The Morgan fingerprint density at radius 1 is 0.976 bits per heavy atom. The van der Waals surface area contributed by atoms with Crippen LogP contribution in [0, 0.1) is 25.7 Å². The summed E-state index contributed by atoms with van der Waals surface area (Å²) in [4.78, 5) is 33.1. The van der Waals surface area contributed by atoms with Crippen LogP contribution in [0.5, 0.6) is 0 Å². The van der Waals surface area contributed by atoms with Crippen molar-refractivity contribution in [1.29, 1.82) is 0 Å². The average molecular weight is 602 g/mol. The van der Waals surface area contributed by atoms with E-state index in [9.17, 15) is 18.0 Å². The number of carbonyl (C=O) groups excluding carboxylic acids is 2. The zero-order valence-corrected chi connectivity index (χ0v) is 26.8. The second-order valence-electron chi connectivity index (χ2n) is 13.6. The van der Waals surface area contributed by atoms with E-state index in [0.717, 1.165) is 81.5 Å². The predicted molar refractivity (Wildman–Crippen MR) is 165 cm³/mol. The van der Waals surface area contributed by atoms with Crippen molar-refractivity contribution in [3.63, 3.8) is 0 Å². The van der Waals surface area contributed by atoms with Crippen LogP contribution in [0.15, 0.2) is 18.2 Å². The third-order valence-electron chi connectivity index (χ3n) is 10.6. The van der Waals surface area contributed by atoms with E-state index >= 15 is 0 Å². The van der Waals surface area contributed by atoms with Crippen LogP contribution in [0.2, 0.25) is 0 Å². The molecule has 234 valence electrons. The van der Waals surface area contributed by atoms with E-state index in [-0.39, 0.29) is 23.7 Å². The Morgan fingerprint density at radius 3 is 2.24 bits per heavy atom. The summed E-state index contributed by atoms with van der Waals surface area (Å²) in [7, 11) is -3.03. The molecule has 1 saturated carbocycles. The standard InChI is InChI=1S/C33H51N3O5S/c1-25-9-7-10-26(2)30(25)31(37)35-18-14-29(15-19-35)34-20-16-33(17-21-34)28(13-8-22-42(3,39)40)24-36(32(38)41-33)23-27-11-5-4-6-12-27/h7,9-10,27-29H,4-6,8,11-24H2,1-3H3. The minimum absolute atomic E-state index is 0.144. The number of aryl methyl sites for hydroxylation is 2. The topological polar surface area (TPSA) is 87.2 Å². The number of likely N-dealkylation sites (tertiary alicyclic amines) is 2. The molecule has 2 amide bonds. The lowest BCUT2D eigenvalue weighted by Gasteiger charge is -2.52. The number of hydrogen-bond acceptors (Lipinski definition) is 6. The first-order valence-electron chi connectivity index (χ1n) is 16.3. The first-order chi connectivity index (χ1) is 20.0. The van der Waals surface area contributed by atoms with Crippen molar-refractivity contribution < 1.29 is 22.7 Å². The van der Waals surface area contributed by atoms with Crippen LogP contribution in [-0.2, 0) is 14.6 Å². The molecular weight excluding hydrogens is 550 g/mol. The average Bonchev–Trinajstić information content (AvgIpc) is 2.96. The van der Waals surface area contributed by atoms with E-state index in [1.54, 1.807) is 0 Å². The summed E-state index contributed by atoms with van der Waals surface area (Å²) in [6, 6.07) is 6.46. The molecule has 8 nitrogen and oxygen atoms in total. The van der Waals surface area contributed by atoms with Gasteiger partial charge in [-0.05, 0) is 69.4 Å². The maximum Gasteiger partial charge on any atom is 0.410 e. The van der Waals surface area contributed by atoms with E-state index in [1.165, 1.54) is 38.4 Å². The van der Waals surface area contributed by atoms with E-state index < -0.39 is 15.4 Å². The molecule has 0 radical (unpaired) electrons. The SMILES string of the molecule is Cc1cccc(C)c1C(=O)N1CCC(N2CCC3(CC2)OC(=O)N(CC2CCCCC2)CC3CCCS(C)(=O)=O)CC1. The minimum atomic E-state index is -3.03. The molecule has 0 bridgehead atoms. The molecule has 9 heteroatoms. The normalized spacial score (nSPS) is 24.6. The fraction of sp³-hybridized carbons (Fsp3) is 0.758. The molecule has 3 aliphatic heterocycles. The molecule has 5 rings (SSSR count). The number of amides is 2. The minimum Gasteiger partial charge on any atom is -0.442 e. The third kappa shape index (κ3) is 7.32. The Bertz CT molecular complexity index is 1190. The van der Waals surface area contributed by atoms with Crippen molar-refractivity contribution in [2.24, 2.45) is 11.8 Å². The summed E-state index contributed by atoms with van der Waals surface area (Å²) in [5, 5.41) is 0. The van der Waals surface area contributed by atoms with Crippen LogP contribution >= 0.6 is 0 Å². The summed E-state index contributed by atoms with van der Waals surface area (Å²) < 4.78 is 30.2. The summed E-state index contributed by atoms with van der Waals surface area (Å²) in [5.41, 5.74) is 2.41. The number of rotatable bonds is 8. The van der Waals surface area contributed by atoms with Gasteiger partial charge < -0.3 is 14.5 Å². The largest absolute Gasteiger partial charge is 0.442 e. The summed E-state index contributed by atoms with van der Waals surface area (Å²) in [5.74, 6) is 1.03. The summed E-state index contributed by atoms with van der Waals surface area (Å²) in [6.45, 7) is 8.73. The van der Waals surface area contributed by atoms with E-state index in [1.807, 2.05) is 41.8 Å². The quantitative estimate of drug-likeness (QED) is 0.406. The van der Waals surface area contributed by atoms with Gasteiger partial charge in [0.15, 0.2) is 0 Å². The number of benzene rings is 1. The first kappa shape index (κ1) is 31.3. The van der Waals surface area contributed by atoms with Crippen LogP contribution < -0.4 is 0 Å². The summed E-state index contributed by atoms with van der Waals surface area (Å²) >= 11 is 0. The second-order valence-corrected chi connectivity index (χ2v) is 15.9. The van der Waals surface area contributed by atoms with Crippen molar-refractivity contribution in [2.45, 2.75) is 96.1 Å². The molecule has 0 aromatic heterocycles. The fourth-order valence-electron chi connectivity index (χ4n) is 8.13. The Hall–Kier alpha value is -2.13. The van der Waals surface area contributed by atoms with Gasteiger partial charge in [-0.1, -0.05) is 37.5 Å². The Labute approximate surface area is 253 Å². The van der Waals surface area contributed by atoms with Crippen LogP contribution in [-0.4, -0.2) is 98.0 Å². The van der Waals surface area contributed by atoms with Crippen LogP contribution in [0.25, 0.3) is 0 Å². The number of carbonyl (C=O) groups is 2. The van der Waals surface area contributed by atoms with Gasteiger partial charge in [-0.25, -0.2) is 13.2 Å². The molecule has 1 atom stereocenters. The van der Waals surface area contributed by atoms with Crippen molar-refractivity contribution in [3.05, 3.63) is 34.9 Å². The predicted octanol–water partition coefficient (Wildman–Crippen LogP) is 5.22. The van der Waals surface area contributed by atoms with Gasteiger partial charge >= 0.3 is 6.09 Å². The lowest BCUT2D eigenvalue weighted by atomic mass is 9.75. The van der Waals surface area contributed by atoms with Crippen molar-refractivity contribution in [3.8, 4) is 0 Å². The Balaban J connectivity index is 1.19. The van der Waals surface area contributed by atoms with Crippen molar-refractivity contribution in [1.82, 2.24) is 14.7 Å². The van der Waals surface area contributed by atoms with E-state index in [2.05, 4.69) is 4.90 Å². The molecular formula is C33H51N3O5S. The highest BCUT2D eigenvalue weighted by molar-refractivity contribution is 7.90. The van der Waals surface area contributed by atoms with Crippen molar-refractivity contribution in [2.75, 3.05) is 51.3 Å². The highest BCUT2D eigenvalue weighted by atomic mass is 32.2. The molecule has 1 aliphatic carbocycles. The number of sulfone groups is 1. The van der Waals surface area contributed by atoms with Gasteiger partial charge in [-0.3, -0.25) is 9.69 Å². The lowest BCUT2D eigenvalue weighted by Crippen LogP contribution is -2.61. The molecule has 1 unspecified atom stereocenters. The smallest absolute Gasteiger partial charge is 0.410 e. The van der Waals surface area contributed by atoms with Crippen LogP contribution in [0.4, 0.5) is 4.79 Å². The van der Waals surface area contributed by atoms with E-state index in [0.29, 0.717) is 24.9 Å². The first-order valence-corrected chi connectivity index (χ1v) is 18.4. The molecule has 1 aromatic rings. The molecule has 3 heterocycles. The number of nitrogens with zero attached hydrogens (tertiary/aromatic N) is 3. The van der Waals surface area contributed by atoms with Crippen LogP contribution in [0.3, 0.4) is 0 Å². The third-order valence-corrected chi connectivity index (χ3v) is 11.6. The highest BCUT2D eigenvalue weighted by Gasteiger charge is 2.50. The van der Waals surface area contributed by atoms with Crippen LogP contribution in [0.1, 0.15) is 92.1 Å². The maximum absolute atomic E-state index is 13.3. The second kappa shape index (κ2) is 13.2. The monoisotopic (exact) mass is 601 g/mol. The van der Waals surface area contributed by atoms with E-state index in [4.69, 9.17) is 4.74 Å². The number of hydrogen-bond donors (Lipinski definition) is 0. The fourth-order valence-corrected chi connectivity index (χ4v) is 8.82. The molecule has 1 aromatic carbocycles. The summed E-state index contributed by atoms with van der Waals surface area (Å²) in [6.07, 6.45) is 12.1. The Morgan fingerprint density at radius 2 is 1.62 bits per heavy atom. The zero-order valence-electron chi connectivity index (χ0n) is 26.0. The Kier molecular flexibility index (Phi) is 9.87. The van der Waals surface area contributed by atoms with Crippen molar-refractivity contribution >= 4 is 21.8 Å². The number of piperidine rings is 2. The van der Waals surface area contributed by atoms with Gasteiger partial charge in [0, 0.05) is 81.6 Å². The lowest BCUT2D eigenvalue weighted by molar-refractivity contribution is -0.127.